The standard InChI is InChI=1S/C14H28N2O/c1-10-8-6-7-9-12(10)13(17)16-11(2)14(3,4)15-5/h10-12,15H,6-9H2,1-5H3,(H,16,17)/t10-,11+,12+/m1/s1. The zero-order valence-corrected chi connectivity index (χ0v) is 12.0. The normalized spacial score (nSPS) is 27.6. The Morgan fingerprint density at radius 2 is 1.88 bits per heavy atom. The molecule has 1 aliphatic carbocycles. The Morgan fingerprint density at radius 1 is 1.29 bits per heavy atom. The van der Waals surface area contributed by atoms with Crippen LogP contribution in [0.4, 0.5) is 0 Å². The van der Waals surface area contributed by atoms with Crippen LogP contribution in [0.3, 0.4) is 0 Å². The van der Waals surface area contributed by atoms with Crippen LogP contribution in [0.15, 0.2) is 0 Å². The van der Waals surface area contributed by atoms with Gasteiger partial charge in [0.15, 0.2) is 0 Å². The Labute approximate surface area is 106 Å². The van der Waals surface area contributed by atoms with Gasteiger partial charge in [-0.25, -0.2) is 0 Å². The van der Waals surface area contributed by atoms with Gasteiger partial charge in [-0.1, -0.05) is 19.8 Å². The van der Waals surface area contributed by atoms with E-state index in [1.54, 1.807) is 0 Å². The minimum Gasteiger partial charge on any atom is -0.352 e. The molecule has 0 aromatic heterocycles. The molecule has 0 radical (unpaired) electrons. The highest BCUT2D eigenvalue weighted by Gasteiger charge is 2.31. The van der Waals surface area contributed by atoms with Crippen LogP contribution in [0.1, 0.15) is 53.4 Å². The molecule has 0 heterocycles. The van der Waals surface area contributed by atoms with Crippen molar-refractivity contribution in [3.05, 3.63) is 0 Å². The van der Waals surface area contributed by atoms with Crippen molar-refractivity contribution in [2.45, 2.75) is 65.0 Å². The second kappa shape index (κ2) is 5.85. The molecule has 17 heavy (non-hydrogen) atoms. The smallest absolute Gasteiger partial charge is 0.223 e. The fourth-order valence-corrected chi connectivity index (χ4v) is 2.42. The van der Waals surface area contributed by atoms with Gasteiger partial charge in [-0.15, -0.1) is 0 Å². The van der Waals surface area contributed by atoms with Gasteiger partial charge in [0, 0.05) is 17.5 Å². The summed E-state index contributed by atoms with van der Waals surface area (Å²) in [6, 6.07) is 0.147. The first-order valence-electron chi connectivity index (χ1n) is 6.87. The van der Waals surface area contributed by atoms with Crippen LogP contribution in [-0.2, 0) is 4.79 Å². The predicted molar refractivity (Wildman–Crippen MR) is 71.9 cm³/mol. The van der Waals surface area contributed by atoms with Gasteiger partial charge in [-0.2, -0.15) is 0 Å². The van der Waals surface area contributed by atoms with Gasteiger partial charge in [-0.3, -0.25) is 4.79 Å². The molecular formula is C14H28N2O. The third kappa shape index (κ3) is 3.70. The molecule has 2 N–H and O–H groups in total. The van der Waals surface area contributed by atoms with E-state index in [4.69, 9.17) is 0 Å². The maximum Gasteiger partial charge on any atom is 0.223 e. The average molecular weight is 240 g/mol. The quantitative estimate of drug-likeness (QED) is 0.792. The van der Waals surface area contributed by atoms with Crippen molar-refractivity contribution in [2.24, 2.45) is 11.8 Å². The van der Waals surface area contributed by atoms with Crippen LogP contribution in [-0.4, -0.2) is 24.5 Å². The van der Waals surface area contributed by atoms with E-state index in [0.29, 0.717) is 5.92 Å². The molecule has 0 bridgehead atoms. The first kappa shape index (κ1) is 14.5. The van der Waals surface area contributed by atoms with Crippen molar-refractivity contribution >= 4 is 5.91 Å². The summed E-state index contributed by atoms with van der Waals surface area (Å²) in [4.78, 5) is 12.2. The minimum absolute atomic E-state index is 0.0619. The fourth-order valence-electron chi connectivity index (χ4n) is 2.42. The topological polar surface area (TPSA) is 41.1 Å². The first-order valence-corrected chi connectivity index (χ1v) is 6.87. The van der Waals surface area contributed by atoms with E-state index in [1.165, 1.54) is 19.3 Å². The first-order chi connectivity index (χ1) is 7.88. The number of likely N-dealkylation sites (N-methyl/N-ethyl adjacent to an activating group) is 1. The molecule has 0 aromatic carbocycles. The minimum atomic E-state index is -0.0619. The number of hydrogen-bond acceptors (Lipinski definition) is 2. The van der Waals surface area contributed by atoms with Crippen LogP contribution in [0, 0.1) is 11.8 Å². The Bertz CT molecular complexity index is 263. The lowest BCUT2D eigenvalue weighted by molar-refractivity contribution is -0.128. The summed E-state index contributed by atoms with van der Waals surface area (Å²) >= 11 is 0. The van der Waals surface area contributed by atoms with Gasteiger partial charge in [0.25, 0.3) is 0 Å². The SMILES string of the molecule is CNC(C)(C)[C@H](C)NC(=O)[C@H]1CCCC[C@H]1C. The van der Waals surface area contributed by atoms with Crippen LogP contribution < -0.4 is 10.6 Å². The molecule has 1 saturated carbocycles. The van der Waals surface area contributed by atoms with E-state index < -0.39 is 0 Å². The zero-order chi connectivity index (χ0) is 13.1. The summed E-state index contributed by atoms with van der Waals surface area (Å²) in [5, 5.41) is 6.42. The Balaban J connectivity index is 2.53. The number of nitrogens with one attached hydrogen (secondary N) is 2. The van der Waals surface area contributed by atoms with Crippen molar-refractivity contribution in [1.82, 2.24) is 10.6 Å². The van der Waals surface area contributed by atoms with Gasteiger partial charge in [-0.05, 0) is 46.6 Å². The molecule has 1 amide bonds. The monoisotopic (exact) mass is 240 g/mol. The molecule has 0 unspecified atom stereocenters. The highest BCUT2D eigenvalue weighted by Crippen LogP contribution is 2.29. The van der Waals surface area contributed by atoms with Gasteiger partial charge in [0.05, 0.1) is 0 Å². The second-order valence-electron chi connectivity index (χ2n) is 6.07. The van der Waals surface area contributed by atoms with Crippen molar-refractivity contribution in [3.8, 4) is 0 Å². The molecule has 3 heteroatoms. The molecule has 100 valence electrons. The number of rotatable bonds is 4. The molecule has 3 nitrogen and oxygen atoms in total. The molecule has 1 rings (SSSR count). The molecule has 3 atom stereocenters. The Morgan fingerprint density at radius 3 is 2.41 bits per heavy atom. The molecule has 0 aromatic rings. The largest absolute Gasteiger partial charge is 0.352 e. The molecule has 1 fully saturated rings. The second-order valence-corrected chi connectivity index (χ2v) is 6.07. The highest BCUT2D eigenvalue weighted by molar-refractivity contribution is 5.79. The van der Waals surface area contributed by atoms with Crippen molar-refractivity contribution in [1.29, 1.82) is 0 Å². The van der Waals surface area contributed by atoms with Gasteiger partial charge in [0.1, 0.15) is 0 Å². The molecule has 1 aliphatic rings. The lowest BCUT2D eigenvalue weighted by Gasteiger charge is -2.35. The van der Waals surface area contributed by atoms with E-state index in [1.807, 2.05) is 7.05 Å². The summed E-state index contributed by atoms with van der Waals surface area (Å²) in [6.45, 7) is 8.50. The van der Waals surface area contributed by atoms with Crippen LogP contribution >= 0.6 is 0 Å². The van der Waals surface area contributed by atoms with E-state index >= 15 is 0 Å². The maximum atomic E-state index is 12.2. The lowest BCUT2D eigenvalue weighted by atomic mass is 9.79. The molecular weight excluding hydrogens is 212 g/mol. The third-order valence-electron chi connectivity index (χ3n) is 4.53. The van der Waals surface area contributed by atoms with Gasteiger partial charge in [0.2, 0.25) is 5.91 Å². The highest BCUT2D eigenvalue weighted by atomic mass is 16.2. The van der Waals surface area contributed by atoms with Gasteiger partial charge < -0.3 is 10.6 Å². The maximum absolute atomic E-state index is 12.2. The predicted octanol–water partition coefficient (Wildman–Crippen LogP) is 2.32. The van der Waals surface area contributed by atoms with Crippen LogP contribution in [0.25, 0.3) is 0 Å². The van der Waals surface area contributed by atoms with E-state index in [9.17, 15) is 4.79 Å². The van der Waals surface area contributed by atoms with Crippen molar-refractivity contribution in [2.75, 3.05) is 7.05 Å². The van der Waals surface area contributed by atoms with Crippen LogP contribution in [0.2, 0.25) is 0 Å². The summed E-state index contributed by atoms with van der Waals surface area (Å²) < 4.78 is 0. The third-order valence-corrected chi connectivity index (χ3v) is 4.53. The number of carbonyl (C=O) groups is 1. The summed E-state index contributed by atoms with van der Waals surface area (Å²) in [7, 11) is 1.94. The summed E-state index contributed by atoms with van der Waals surface area (Å²) in [6.07, 6.45) is 4.73. The Kier molecular flexibility index (Phi) is 4.99. The fraction of sp³-hybridized carbons (Fsp3) is 0.929. The molecule has 0 saturated heterocycles. The van der Waals surface area contributed by atoms with E-state index in [2.05, 4.69) is 38.3 Å². The van der Waals surface area contributed by atoms with Gasteiger partial charge >= 0.3 is 0 Å². The molecule has 0 spiro atoms. The van der Waals surface area contributed by atoms with Crippen LogP contribution in [0.5, 0.6) is 0 Å². The van der Waals surface area contributed by atoms with Crippen molar-refractivity contribution in [3.63, 3.8) is 0 Å². The Hall–Kier alpha value is -0.570. The zero-order valence-electron chi connectivity index (χ0n) is 12.0. The summed E-state index contributed by atoms with van der Waals surface area (Å²) in [5.74, 6) is 1.00. The lowest BCUT2D eigenvalue weighted by Crippen LogP contribution is -2.56. The summed E-state index contributed by atoms with van der Waals surface area (Å²) in [5.41, 5.74) is -0.0619. The van der Waals surface area contributed by atoms with E-state index in [0.717, 1.165) is 6.42 Å². The number of amides is 1. The number of hydrogen-bond donors (Lipinski definition) is 2. The molecule has 0 aliphatic heterocycles. The average Bonchev–Trinajstić information content (AvgIpc) is 2.29. The van der Waals surface area contributed by atoms with E-state index in [-0.39, 0.29) is 23.4 Å². The number of carbonyl (C=O) groups excluding carboxylic acids is 1. The van der Waals surface area contributed by atoms with Crippen molar-refractivity contribution < 1.29 is 4.79 Å².